The molecule has 0 bridgehead atoms. The predicted molar refractivity (Wildman–Crippen MR) is 82.2 cm³/mol. The van der Waals surface area contributed by atoms with Gasteiger partial charge in [0.25, 0.3) is 0 Å². The number of para-hydroxylation sites is 1. The summed E-state index contributed by atoms with van der Waals surface area (Å²) >= 11 is 0. The molecule has 0 radical (unpaired) electrons. The average Bonchev–Trinajstić information content (AvgIpc) is 3.12. The van der Waals surface area contributed by atoms with Gasteiger partial charge in [-0.05, 0) is 18.1 Å². The van der Waals surface area contributed by atoms with Crippen molar-refractivity contribution in [1.29, 1.82) is 0 Å². The van der Waals surface area contributed by atoms with Crippen LogP contribution in [0.5, 0.6) is 0 Å². The van der Waals surface area contributed by atoms with Gasteiger partial charge in [0.15, 0.2) is 0 Å². The number of carbonyl (C=O) groups excluding carboxylic acids is 1. The standard InChI is InChI=1S/C16H22N4O/c1-11-3-2-4-12-7-14(18-15(11)12)16(21)19-5-6-20-10-17-8-13(20)9-19/h2-4,13-14,17-18H,5-10H2,1H3. The van der Waals surface area contributed by atoms with Gasteiger partial charge in [0.1, 0.15) is 6.04 Å². The van der Waals surface area contributed by atoms with E-state index in [4.69, 9.17) is 0 Å². The van der Waals surface area contributed by atoms with Crippen LogP contribution in [0.1, 0.15) is 11.1 Å². The van der Waals surface area contributed by atoms with Crippen LogP contribution in [0, 0.1) is 6.92 Å². The summed E-state index contributed by atoms with van der Waals surface area (Å²) in [5.41, 5.74) is 3.67. The summed E-state index contributed by atoms with van der Waals surface area (Å²) in [5, 5.41) is 6.83. The van der Waals surface area contributed by atoms with Crippen molar-refractivity contribution in [3.05, 3.63) is 29.3 Å². The maximum atomic E-state index is 12.8. The van der Waals surface area contributed by atoms with Crippen LogP contribution in [-0.4, -0.2) is 60.6 Å². The van der Waals surface area contributed by atoms with Crippen LogP contribution in [0.25, 0.3) is 0 Å². The van der Waals surface area contributed by atoms with E-state index in [1.54, 1.807) is 0 Å². The second kappa shape index (κ2) is 5.00. The quantitative estimate of drug-likeness (QED) is 0.785. The number of hydrogen-bond acceptors (Lipinski definition) is 4. The van der Waals surface area contributed by atoms with Crippen molar-refractivity contribution in [3.8, 4) is 0 Å². The predicted octanol–water partition coefficient (Wildman–Crippen LogP) is 0.405. The molecule has 1 aromatic carbocycles. The molecule has 5 nitrogen and oxygen atoms in total. The van der Waals surface area contributed by atoms with Crippen LogP contribution in [0.3, 0.4) is 0 Å². The minimum absolute atomic E-state index is 0.0815. The zero-order chi connectivity index (χ0) is 14.4. The van der Waals surface area contributed by atoms with Crippen molar-refractivity contribution in [2.24, 2.45) is 0 Å². The number of amides is 1. The van der Waals surface area contributed by atoms with Gasteiger partial charge in [0.05, 0.1) is 0 Å². The van der Waals surface area contributed by atoms with Crippen molar-refractivity contribution in [2.45, 2.75) is 25.4 Å². The number of piperazine rings is 1. The molecule has 0 spiro atoms. The first-order valence-corrected chi connectivity index (χ1v) is 7.81. The molecule has 2 N–H and O–H groups in total. The molecule has 112 valence electrons. The lowest BCUT2D eigenvalue weighted by Gasteiger charge is -2.37. The van der Waals surface area contributed by atoms with Crippen LogP contribution >= 0.6 is 0 Å². The number of fused-ring (bicyclic) bond motifs is 2. The topological polar surface area (TPSA) is 47.6 Å². The highest BCUT2D eigenvalue weighted by atomic mass is 16.2. The molecule has 3 heterocycles. The lowest BCUT2D eigenvalue weighted by atomic mass is 10.1. The lowest BCUT2D eigenvalue weighted by Crippen LogP contribution is -2.55. The fourth-order valence-corrected chi connectivity index (χ4v) is 3.79. The maximum Gasteiger partial charge on any atom is 0.245 e. The van der Waals surface area contributed by atoms with Gasteiger partial charge in [-0.3, -0.25) is 9.69 Å². The van der Waals surface area contributed by atoms with Crippen molar-refractivity contribution < 1.29 is 4.79 Å². The summed E-state index contributed by atoms with van der Waals surface area (Å²) in [5.74, 6) is 0.261. The molecule has 1 amide bonds. The molecule has 5 heteroatoms. The minimum Gasteiger partial charge on any atom is -0.373 e. The Balaban J connectivity index is 1.46. The molecule has 2 saturated heterocycles. The number of nitrogens with zero attached hydrogens (tertiary/aromatic N) is 2. The summed E-state index contributed by atoms with van der Waals surface area (Å²) in [7, 11) is 0. The van der Waals surface area contributed by atoms with E-state index in [-0.39, 0.29) is 11.9 Å². The van der Waals surface area contributed by atoms with Crippen molar-refractivity contribution in [2.75, 3.05) is 38.2 Å². The third kappa shape index (κ3) is 2.21. The van der Waals surface area contributed by atoms with Gasteiger partial charge < -0.3 is 15.5 Å². The van der Waals surface area contributed by atoms with Crippen LogP contribution in [-0.2, 0) is 11.2 Å². The van der Waals surface area contributed by atoms with E-state index < -0.39 is 0 Å². The summed E-state index contributed by atoms with van der Waals surface area (Å²) < 4.78 is 0. The molecular formula is C16H22N4O. The van der Waals surface area contributed by atoms with Gasteiger partial charge in [-0.25, -0.2) is 0 Å². The fourth-order valence-electron chi connectivity index (χ4n) is 3.79. The molecule has 0 aliphatic carbocycles. The number of aryl methyl sites for hydroxylation is 1. The molecule has 4 rings (SSSR count). The first-order chi connectivity index (χ1) is 10.2. The van der Waals surface area contributed by atoms with Gasteiger partial charge >= 0.3 is 0 Å². The van der Waals surface area contributed by atoms with Gasteiger partial charge in [-0.2, -0.15) is 0 Å². The summed E-state index contributed by atoms with van der Waals surface area (Å²) in [6.45, 7) is 6.77. The maximum absolute atomic E-state index is 12.8. The van der Waals surface area contributed by atoms with E-state index in [0.29, 0.717) is 6.04 Å². The summed E-state index contributed by atoms with van der Waals surface area (Å²) in [6.07, 6.45) is 0.818. The first-order valence-electron chi connectivity index (χ1n) is 7.81. The van der Waals surface area contributed by atoms with E-state index in [0.717, 1.165) is 45.0 Å². The Morgan fingerprint density at radius 3 is 3.10 bits per heavy atom. The van der Waals surface area contributed by atoms with Crippen molar-refractivity contribution in [1.82, 2.24) is 15.1 Å². The van der Waals surface area contributed by atoms with Crippen LogP contribution in [0.4, 0.5) is 5.69 Å². The summed E-state index contributed by atoms with van der Waals surface area (Å²) in [4.78, 5) is 17.3. The number of anilines is 1. The van der Waals surface area contributed by atoms with E-state index >= 15 is 0 Å². The third-order valence-electron chi connectivity index (χ3n) is 5.01. The van der Waals surface area contributed by atoms with E-state index in [1.807, 2.05) is 4.90 Å². The molecule has 0 aromatic heterocycles. The van der Waals surface area contributed by atoms with E-state index in [9.17, 15) is 4.79 Å². The Morgan fingerprint density at radius 1 is 1.33 bits per heavy atom. The van der Waals surface area contributed by atoms with Crippen molar-refractivity contribution in [3.63, 3.8) is 0 Å². The molecule has 3 aliphatic rings. The smallest absolute Gasteiger partial charge is 0.245 e. The Hall–Kier alpha value is -1.59. The Morgan fingerprint density at radius 2 is 2.24 bits per heavy atom. The summed E-state index contributed by atoms with van der Waals surface area (Å²) in [6, 6.07) is 6.71. The number of benzene rings is 1. The molecule has 21 heavy (non-hydrogen) atoms. The lowest BCUT2D eigenvalue weighted by molar-refractivity contribution is -0.134. The Bertz CT molecular complexity index is 573. The SMILES string of the molecule is Cc1cccc2c1NC(C(=O)N1CCN3CNCC3C1)C2. The number of carbonyl (C=O) groups is 1. The average molecular weight is 286 g/mol. The highest BCUT2D eigenvalue weighted by Gasteiger charge is 2.36. The first kappa shape index (κ1) is 13.1. The van der Waals surface area contributed by atoms with Gasteiger partial charge in [-0.15, -0.1) is 0 Å². The van der Waals surface area contributed by atoms with Crippen LogP contribution < -0.4 is 10.6 Å². The van der Waals surface area contributed by atoms with Crippen LogP contribution in [0.2, 0.25) is 0 Å². The van der Waals surface area contributed by atoms with Crippen molar-refractivity contribution >= 4 is 11.6 Å². The fraction of sp³-hybridized carbons (Fsp3) is 0.562. The molecule has 3 aliphatic heterocycles. The third-order valence-corrected chi connectivity index (χ3v) is 5.01. The highest BCUT2D eigenvalue weighted by molar-refractivity contribution is 5.88. The molecule has 2 unspecified atom stereocenters. The van der Waals surface area contributed by atoms with Gasteiger partial charge in [-0.1, -0.05) is 18.2 Å². The Labute approximate surface area is 125 Å². The number of hydrogen-bond donors (Lipinski definition) is 2. The molecule has 2 atom stereocenters. The number of nitrogens with one attached hydrogen (secondary N) is 2. The van der Waals surface area contributed by atoms with Gasteiger partial charge in [0, 0.05) is 51.0 Å². The zero-order valence-corrected chi connectivity index (χ0v) is 12.4. The van der Waals surface area contributed by atoms with Crippen LogP contribution in [0.15, 0.2) is 18.2 Å². The Kier molecular flexibility index (Phi) is 3.12. The second-order valence-corrected chi connectivity index (χ2v) is 6.37. The second-order valence-electron chi connectivity index (χ2n) is 6.37. The minimum atomic E-state index is -0.0815. The molecule has 0 saturated carbocycles. The normalized spacial score (nSPS) is 28.1. The van der Waals surface area contributed by atoms with E-state index in [2.05, 4.69) is 40.7 Å². The van der Waals surface area contributed by atoms with E-state index in [1.165, 1.54) is 11.1 Å². The van der Waals surface area contributed by atoms with Gasteiger partial charge in [0.2, 0.25) is 5.91 Å². The molecule has 2 fully saturated rings. The largest absolute Gasteiger partial charge is 0.373 e. The number of rotatable bonds is 1. The monoisotopic (exact) mass is 286 g/mol. The molecular weight excluding hydrogens is 264 g/mol. The highest BCUT2D eigenvalue weighted by Crippen LogP contribution is 2.30. The molecule has 1 aromatic rings. The zero-order valence-electron chi connectivity index (χ0n) is 12.4.